The van der Waals surface area contributed by atoms with E-state index in [1.807, 2.05) is 42.5 Å². The lowest BCUT2D eigenvalue weighted by molar-refractivity contribution is -0.119. The fourth-order valence-electron chi connectivity index (χ4n) is 3.28. The number of amides is 1. The van der Waals surface area contributed by atoms with E-state index < -0.39 is 0 Å². The van der Waals surface area contributed by atoms with Gasteiger partial charge >= 0.3 is 0 Å². The summed E-state index contributed by atoms with van der Waals surface area (Å²) in [5, 5.41) is 6.00. The van der Waals surface area contributed by atoms with Crippen molar-refractivity contribution >= 4 is 23.4 Å². The van der Waals surface area contributed by atoms with Crippen molar-refractivity contribution in [2.24, 2.45) is 0 Å². The molecule has 1 atom stereocenters. The molecule has 0 bridgehead atoms. The van der Waals surface area contributed by atoms with Crippen molar-refractivity contribution in [1.82, 2.24) is 19.9 Å². The molecule has 3 heterocycles. The lowest BCUT2D eigenvalue weighted by Crippen LogP contribution is -2.42. The topological polar surface area (TPSA) is 102 Å². The molecule has 160 valence electrons. The molecule has 1 amide bonds. The number of pyridine rings is 1. The van der Waals surface area contributed by atoms with Gasteiger partial charge in [0.2, 0.25) is 11.9 Å². The van der Waals surface area contributed by atoms with E-state index in [9.17, 15) is 4.79 Å². The molecule has 0 saturated carbocycles. The lowest BCUT2D eigenvalue weighted by atomic mass is 10.2. The number of hydrogen-bond acceptors (Lipinski definition) is 8. The minimum Gasteiger partial charge on any atom is -0.497 e. The number of rotatable bonds is 7. The Bertz CT molecular complexity index is 1000. The van der Waals surface area contributed by atoms with Gasteiger partial charge in [0.05, 0.1) is 26.0 Å². The molecule has 1 aromatic carbocycles. The Hall–Kier alpha value is -3.56. The van der Waals surface area contributed by atoms with Crippen LogP contribution >= 0.6 is 0 Å². The van der Waals surface area contributed by atoms with Crippen LogP contribution in [0, 0.1) is 0 Å². The molecule has 0 radical (unpaired) electrons. The molecule has 1 fully saturated rings. The molecule has 2 aromatic heterocycles. The van der Waals surface area contributed by atoms with E-state index in [4.69, 9.17) is 9.47 Å². The number of benzene rings is 1. The van der Waals surface area contributed by atoms with Crippen molar-refractivity contribution in [3.8, 4) is 5.75 Å². The van der Waals surface area contributed by atoms with E-state index in [1.54, 1.807) is 25.6 Å². The van der Waals surface area contributed by atoms with Crippen LogP contribution in [-0.2, 0) is 9.53 Å². The molecule has 3 aromatic rings. The van der Waals surface area contributed by atoms with Gasteiger partial charge in [0.25, 0.3) is 0 Å². The molecule has 4 rings (SSSR count). The third-order valence-electron chi connectivity index (χ3n) is 4.80. The molecule has 0 spiro atoms. The van der Waals surface area contributed by atoms with Gasteiger partial charge in [0.1, 0.15) is 17.7 Å². The zero-order valence-corrected chi connectivity index (χ0v) is 17.2. The number of carbonyl (C=O) groups excluding carboxylic acids is 1. The second-order valence-corrected chi connectivity index (χ2v) is 7.02. The van der Waals surface area contributed by atoms with Crippen molar-refractivity contribution in [3.63, 3.8) is 0 Å². The Balaban J connectivity index is 1.34. The van der Waals surface area contributed by atoms with Crippen LogP contribution in [0.25, 0.3) is 0 Å². The van der Waals surface area contributed by atoms with E-state index in [0.717, 1.165) is 17.1 Å². The third-order valence-corrected chi connectivity index (χ3v) is 4.80. The largest absolute Gasteiger partial charge is 0.497 e. The summed E-state index contributed by atoms with van der Waals surface area (Å²) in [5.41, 5.74) is 1.53. The summed E-state index contributed by atoms with van der Waals surface area (Å²) in [6.45, 7) is 2.07. The second-order valence-electron chi connectivity index (χ2n) is 7.02. The number of nitrogens with zero attached hydrogens (tertiary/aromatic N) is 4. The summed E-state index contributed by atoms with van der Waals surface area (Å²) in [4.78, 5) is 27.5. The lowest BCUT2D eigenvalue weighted by Gasteiger charge is -2.32. The van der Waals surface area contributed by atoms with Crippen LogP contribution in [-0.4, -0.2) is 59.1 Å². The molecule has 0 unspecified atom stereocenters. The Morgan fingerprint density at radius 1 is 1.16 bits per heavy atom. The quantitative estimate of drug-likeness (QED) is 0.602. The van der Waals surface area contributed by atoms with Crippen molar-refractivity contribution in [2.45, 2.75) is 6.10 Å². The van der Waals surface area contributed by atoms with E-state index in [1.165, 1.54) is 0 Å². The monoisotopic (exact) mass is 420 g/mol. The van der Waals surface area contributed by atoms with Gasteiger partial charge in [-0.05, 0) is 42.5 Å². The van der Waals surface area contributed by atoms with Crippen LogP contribution in [0.5, 0.6) is 5.75 Å². The van der Waals surface area contributed by atoms with E-state index in [0.29, 0.717) is 31.5 Å². The fraction of sp³-hybridized carbons (Fsp3) is 0.273. The normalized spacial score (nSPS) is 16.5. The maximum atomic E-state index is 12.5. The molecule has 9 nitrogen and oxygen atoms in total. The smallest absolute Gasteiger partial charge is 0.238 e. The molecule has 1 aliphatic rings. The fourth-order valence-corrected chi connectivity index (χ4v) is 3.28. The maximum absolute atomic E-state index is 12.5. The first-order valence-electron chi connectivity index (χ1n) is 9.98. The van der Waals surface area contributed by atoms with Gasteiger partial charge in [-0.1, -0.05) is 6.07 Å². The number of nitrogens with one attached hydrogen (secondary N) is 2. The standard InChI is InChI=1S/C22H24N6O3/c1-30-17-8-6-16(7-9-17)25-21(29)15-28-12-13-31-19(14-28)18-4-2-5-20(26-18)27-22-23-10-3-11-24-22/h2-11,19H,12-15H2,1H3,(H,25,29)(H,23,24,26,27)/t19-/m0/s1. The number of methoxy groups -OCH3 is 1. The van der Waals surface area contributed by atoms with Crippen molar-refractivity contribution in [2.75, 3.05) is 44.0 Å². The number of aromatic nitrogens is 3. The van der Waals surface area contributed by atoms with Gasteiger partial charge in [0.15, 0.2) is 0 Å². The molecular formula is C22H24N6O3. The van der Waals surface area contributed by atoms with E-state index in [2.05, 4.69) is 30.5 Å². The van der Waals surface area contributed by atoms with Crippen LogP contribution < -0.4 is 15.4 Å². The van der Waals surface area contributed by atoms with Gasteiger partial charge in [-0.15, -0.1) is 0 Å². The first-order chi connectivity index (χ1) is 15.2. The zero-order valence-electron chi connectivity index (χ0n) is 17.2. The predicted octanol–water partition coefficient (Wildman–Crippen LogP) is 2.64. The molecule has 2 N–H and O–H groups in total. The Kier molecular flexibility index (Phi) is 6.65. The molecular weight excluding hydrogens is 396 g/mol. The SMILES string of the molecule is COc1ccc(NC(=O)CN2CCO[C@H](c3cccc(Nc4ncccn4)n3)C2)cc1. The van der Waals surface area contributed by atoms with Gasteiger partial charge in [-0.2, -0.15) is 0 Å². The van der Waals surface area contributed by atoms with Gasteiger partial charge in [-0.3, -0.25) is 9.69 Å². The highest BCUT2D eigenvalue weighted by Crippen LogP contribution is 2.23. The van der Waals surface area contributed by atoms with Gasteiger partial charge in [-0.25, -0.2) is 15.0 Å². The van der Waals surface area contributed by atoms with Gasteiger partial charge < -0.3 is 20.1 Å². The molecule has 0 aliphatic carbocycles. The van der Waals surface area contributed by atoms with Crippen LogP contribution in [0.3, 0.4) is 0 Å². The Labute approximate surface area is 180 Å². The zero-order chi connectivity index (χ0) is 21.5. The Morgan fingerprint density at radius 3 is 2.74 bits per heavy atom. The highest BCUT2D eigenvalue weighted by atomic mass is 16.5. The average molecular weight is 420 g/mol. The minimum absolute atomic E-state index is 0.0737. The number of ether oxygens (including phenoxy) is 2. The van der Waals surface area contributed by atoms with Crippen LogP contribution in [0.15, 0.2) is 60.9 Å². The summed E-state index contributed by atoms with van der Waals surface area (Å²) in [5.74, 6) is 1.79. The number of anilines is 3. The maximum Gasteiger partial charge on any atom is 0.238 e. The first kappa shape index (κ1) is 20.7. The van der Waals surface area contributed by atoms with Gasteiger partial charge in [0, 0.05) is 31.2 Å². The third kappa shape index (κ3) is 5.74. The van der Waals surface area contributed by atoms with Crippen LogP contribution in [0.2, 0.25) is 0 Å². The molecule has 9 heteroatoms. The summed E-state index contributed by atoms with van der Waals surface area (Å²) in [7, 11) is 1.61. The summed E-state index contributed by atoms with van der Waals surface area (Å²) >= 11 is 0. The molecule has 1 saturated heterocycles. The van der Waals surface area contributed by atoms with E-state index in [-0.39, 0.29) is 18.6 Å². The van der Waals surface area contributed by atoms with Crippen molar-refractivity contribution < 1.29 is 14.3 Å². The number of hydrogen-bond donors (Lipinski definition) is 2. The van der Waals surface area contributed by atoms with Crippen LogP contribution in [0.4, 0.5) is 17.5 Å². The summed E-state index contributed by atoms with van der Waals surface area (Å²) in [6.07, 6.45) is 3.11. The first-order valence-corrected chi connectivity index (χ1v) is 9.98. The van der Waals surface area contributed by atoms with E-state index >= 15 is 0 Å². The summed E-state index contributed by atoms with van der Waals surface area (Å²) < 4.78 is 11.1. The molecule has 31 heavy (non-hydrogen) atoms. The van der Waals surface area contributed by atoms with Crippen molar-refractivity contribution in [3.05, 3.63) is 66.6 Å². The second kappa shape index (κ2) is 9.96. The minimum atomic E-state index is -0.221. The highest BCUT2D eigenvalue weighted by molar-refractivity contribution is 5.92. The van der Waals surface area contributed by atoms with Crippen molar-refractivity contribution in [1.29, 1.82) is 0 Å². The Morgan fingerprint density at radius 2 is 1.97 bits per heavy atom. The number of morpholine rings is 1. The van der Waals surface area contributed by atoms with Crippen LogP contribution in [0.1, 0.15) is 11.8 Å². The highest BCUT2D eigenvalue weighted by Gasteiger charge is 2.24. The summed E-state index contributed by atoms with van der Waals surface area (Å²) in [6, 6.07) is 14.7. The molecule has 1 aliphatic heterocycles. The number of carbonyl (C=O) groups is 1. The predicted molar refractivity (Wildman–Crippen MR) is 116 cm³/mol. The average Bonchev–Trinajstić information content (AvgIpc) is 2.80.